The van der Waals surface area contributed by atoms with E-state index in [2.05, 4.69) is 20.6 Å². The van der Waals surface area contributed by atoms with Crippen LogP contribution in [0.15, 0.2) is 0 Å². The van der Waals surface area contributed by atoms with Gasteiger partial charge in [-0.05, 0) is 0 Å². The summed E-state index contributed by atoms with van der Waals surface area (Å²) >= 11 is 6.43. The molecule has 1 amide bonds. The van der Waals surface area contributed by atoms with E-state index in [9.17, 15) is 18.0 Å². The summed E-state index contributed by atoms with van der Waals surface area (Å²) in [6.45, 7) is 5.63. The van der Waals surface area contributed by atoms with Crippen molar-refractivity contribution in [1.82, 2.24) is 20.0 Å². The standard InChI is InChI=1S/C12H13ClF3N5OS/c1-11(2,3)7-5(13)6(21(4)20-7)8(22)17-10-19-18-9(23-10)12(14,15)16/h1-4H3,(H,17,19,22). The van der Waals surface area contributed by atoms with Crippen LogP contribution in [-0.4, -0.2) is 25.9 Å². The molecule has 6 nitrogen and oxygen atoms in total. The van der Waals surface area contributed by atoms with Gasteiger partial charge in [0.05, 0.1) is 10.7 Å². The fraction of sp³-hybridized carbons (Fsp3) is 0.500. The number of carbonyl (C=O) groups is 1. The quantitative estimate of drug-likeness (QED) is 0.881. The van der Waals surface area contributed by atoms with E-state index in [-0.39, 0.29) is 32.6 Å². The van der Waals surface area contributed by atoms with Gasteiger partial charge in [0.2, 0.25) is 10.1 Å². The average Bonchev–Trinajstić information content (AvgIpc) is 2.93. The predicted octanol–water partition coefficient (Wildman–Crippen LogP) is 3.49. The number of nitrogens with one attached hydrogen (secondary N) is 1. The molecule has 0 unspecified atom stereocenters. The third-order valence-corrected chi connectivity index (χ3v) is 4.04. The maximum Gasteiger partial charge on any atom is 0.445 e. The largest absolute Gasteiger partial charge is 0.445 e. The van der Waals surface area contributed by atoms with Crippen LogP contribution in [0, 0.1) is 0 Å². The molecule has 0 fully saturated rings. The van der Waals surface area contributed by atoms with Crippen LogP contribution >= 0.6 is 22.9 Å². The molecule has 2 aromatic heterocycles. The van der Waals surface area contributed by atoms with Gasteiger partial charge < -0.3 is 0 Å². The van der Waals surface area contributed by atoms with Crippen molar-refractivity contribution in [2.45, 2.75) is 32.4 Å². The molecule has 0 aromatic carbocycles. The van der Waals surface area contributed by atoms with Gasteiger partial charge in [0, 0.05) is 12.5 Å². The van der Waals surface area contributed by atoms with E-state index in [4.69, 9.17) is 11.6 Å². The van der Waals surface area contributed by atoms with E-state index < -0.39 is 17.1 Å². The molecule has 2 heterocycles. The first-order chi connectivity index (χ1) is 10.4. The Morgan fingerprint density at radius 3 is 2.30 bits per heavy atom. The zero-order valence-electron chi connectivity index (χ0n) is 12.6. The van der Waals surface area contributed by atoms with Gasteiger partial charge in [0.1, 0.15) is 5.69 Å². The Morgan fingerprint density at radius 2 is 1.87 bits per heavy atom. The number of alkyl halides is 3. The number of hydrogen-bond acceptors (Lipinski definition) is 5. The van der Waals surface area contributed by atoms with Crippen molar-refractivity contribution in [3.63, 3.8) is 0 Å². The fourth-order valence-electron chi connectivity index (χ4n) is 1.77. The molecule has 0 aliphatic carbocycles. The van der Waals surface area contributed by atoms with Crippen LogP contribution in [0.2, 0.25) is 5.02 Å². The Morgan fingerprint density at radius 1 is 1.26 bits per heavy atom. The molecule has 0 bridgehead atoms. The molecule has 23 heavy (non-hydrogen) atoms. The molecule has 0 aliphatic heterocycles. The minimum absolute atomic E-state index is 0.0420. The highest BCUT2D eigenvalue weighted by Gasteiger charge is 2.36. The second-order valence-corrected chi connectivity index (χ2v) is 7.10. The normalized spacial score (nSPS) is 12.5. The van der Waals surface area contributed by atoms with Gasteiger partial charge in [-0.25, -0.2) is 0 Å². The van der Waals surface area contributed by atoms with Crippen LogP contribution < -0.4 is 5.32 Å². The summed E-state index contributed by atoms with van der Waals surface area (Å²) in [7, 11) is 1.53. The highest BCUT2D eigenvalue weighted by molar-refractivity contribution is 7.15. The smallest absolute Gasteiger partial charge is 0.295 e. The molecular formula is C12H13ClF3N5OS. The van der Waals surface area contributed by atoms with E-state index in [0.29, 0.717) is 5.69 Å². The molecule has 126 valence electrons. The van der Waals surface area contributed by atoms with E-state index in [1.807, 2.05) is 20.8 Å². The number of nitrogens with zero attached hydrogens (tertiary/aromatic N) is 4. The molecule has 0 saturated carbocycles. The fourth-order valence-corrected chi connectivity index (χ4v) is 2.90. The summed E-state index contributed by atoms with van der Waals surface area (Å²) in [4.78, 5) is 12.3. The maximum atomic E-state index is 12.5. The zero-order valence-corrected chi connectivity index (χ0v) is 14.2. The summed E-state index contributed by atoms with van der Waals surface area (Å²) in [5.41, 5.74) is 0.167. The molecule has 11 heteroatoms. The maximum absolute atomic E-state index is 12.5. The minimum atomic E-state index is -4.61. The van der Waals surface area contributed by atoms with E-state index in [0.717, 1.165) is 0 Å². The third kappa shape index (κ3) is 3.63. The van der Waals surface area contributed by atoms with Crippen molar-refractivity contribution < 1.29 is 18.0 Å². The first-order valence-corrected chi connectivity index (χ1v) is 7.55. The van der Waals surface area contributed by atoms with Crippen LogP contribution in [0.25, 0.3) is 0 Å². The van der Waals surface area contributed by atoms with E-state index >= 15 is 0 Å². The van der Waals surface area contributed by atoms with Gasteiger partial charge in [-0.1, -0.05) is 43.7 Å². The van der Waals surface area contributed by atoms with Crippen LogP contribution in [0.1, 0.15) is 42.0 Å². The van der Waals surface area contributed by atoms with Gasteiger partial charge in [-0.15, -0.1) is 10.2 Å². The van der Waals surface area contributed by atoms with Gasteiger partial charge in [0.25, 0.3) is 5.91 Å². The number of carbonyl (C=O) groups excluding carboxylic acids is 1. The Balaban J connectivity index is 2.29. The Bertz CT molecular complexity index is 747. The van der Waals surface area contributed by atoms with Crippen LogP contribution in [0.5, 0.6) is 0 Å². The third-order valence-electron chi connectivity index (χ3n) is 2.80. The van der Waals surface area contributed by atoms with Crippen molar-refractivity contribution in [2.24, 2.45) is 7.05 Å². The van der Waals surface area contributed by atoms with Crippen LogP contribution in [0.3, 0.4) is 0 Å². The highest BCUT2D eigenvalue weighted by Crippen LogP contribution is 2.34. The van der Waals surface area contributed by atoms with E-state index in [1.165, 1.54) is 11.7 Å². The summed E-state index contributed by atoms with van der Waals surface area (Å²) < 4.78 is 38.7. The first-order valence-electron chi connectivity index (χ1n) is 6.36. The van der Waals surface area contributed by atoms with Crippen molar-refractivity contribution in [1.29, 1.82) is 0 Å². The molecule has 0 saturated heterocycles. The predicted molar refractivity (Wildman–Crippen MR) is 79.8 cm³/mol. The van der Waals surface area contributed by atoms with Crippen molar-refractivity contribution in [2.75, 3.05) is 5.32 Å². The lowest BCUT2D eigenvalue weighted by Crippen LogP contribution is -2.16. The number of rotatable bonds is 2. The molecule has 2 aromatic rings. The second kappa shape index (κ2) is 5.75. The molecule has 0 spiro atoms. The van der Waals surface area contributed by atoms with Gasteiger partial charge in [-0.3, -0.25) is 14.8 Å². The molecule has 0 aliphatic rings. The van der Waals surface area contributed by atoms with Crippen molar-refractivity contribution in [3.8, 4) is 0 Å². The summed E-state index contributed by atoms with van der Waals surface area (Å²) in [6.07, 6.45) is -4.61. The lowest BCUT2D eigenvalue weighted by atomic mass is 9.92. The van der Waals surface area contributed by atoms with Gasteiger partial charge >= 0.3 is 6.18 Å². The lowest BCUT2D eigenvalue weighted by Gasteiger charge is -2.15. The molecule has 0 atom stereocenters. The monoisotopic (exact) mass is 367 g/mol. The SMILES string of the molecule is Cn1nc(C(C)(C)C)c(Cl)c1C(=O)Nc1nnc(C(F)(F)F)s1. The molecular weight excluding hydrogens is 355 g/mol. The van der Waals surface area contributed by atoms with Crippen LogP contribution in [0.4, 0.5) is 18.3 Å². The van der Waals surface area contributed by atoms with Crippen LogP contribution in [-0.2, 0) is 18.6 Å². The topological polar surface area (TPSA) is 72.7 Å². The lowest BCUT2D eigenvalue weighted by molar-refractivity contribution is -0.138. The van der Waals surface area contributed by atoms with Gasteiger partial charge in [-0.2, -0.15) is 18.3 Å². The zero-order chi connectivity index (χ0) is 17.6. The molecule has 1 N–H and O–H groups in total. The Labute approximate surface area is 138 Å². The minimum Gasteiger partial charge on any atom is -0.295 e. The molecule has 0 radical (unpaired) electrons. The van der Waals surface area contributed by atoms with Crippen molar-refractivity contribution >= 4 is 34.0 Å². The van der Waals surface area contributed by atoms with E-state index in [1.54, 1.807) is 0 Å². The second-order valence-electron chi connectivity index (χ2n) is 5.75. The number of aryl methyl sites for hydroxylation is 1. The number of amides is 1. The number of anilines is 1. The molecule has 2 rings (SSSR count). The first kappa shape index (κ1) is 17.7. The number of hydrogen-bond donors (Lipinski definition) is 1. The summed E-state index contributed by atoms with van der Waals surface area (Å²) in [5.74, 6) is -0.703. The Kier molecular flexibility index (Phi) is 4.42. The van der Waals surface area contributed by atoms with Gasteiger partial charge in [0.15, 0.2) is 0 Å². The summed E-state index contributed by atoms with van der Waals surface area (Å²) in [6, 6.07) is 0. The average molecular weight is 368 g/mol. The number of halogens is 4. The summed E-state index contributed by atoms with van der Waals surface area (Å²) in [5, 5.41) is 11.5. The highest BCUT2D eigenvalue weighted by atomic mass is 35.5. The number of aromatic nitrogens is 4. The van der Waals surface area contributed by atoms with Crippen molar-refractivity contribution in [3.05, 3.63) is 21.4 Å². The Hall–Kier alpha value is -1.68.